The summed E-state index contributed by atoms with van der Waals surface area (Å²) < 4.78 is 32.9. The van der Waals surface area contributed by atoms with Crippen LogP contribution in [0, 0.1) is 0 Å². The second-order valence-corrected chi connectivity index (χ2v) is 10.5. The molecule has 1 aliphatic rings. The van der Waals surface area contributed by atoms with E-state index >= 15 is 0 Å². The topological polar surface area (TPSA) is 101 Å². The highest BCUT2D eigenvalue weighted by Gasteiger charge is 2.27. The van der Waals surface area contributed by atoms with Gasteiger partial charge >= 0.3 is 0 Å². The second kappa shape index (κ2) is 9.51. The van der Waals surface area contributed by atoms with Crippen molar-refractivity contribution >= 4 is 55.8 Å². The van der Waals surface area contributed by atoms with Gasteiger partial charge in [0, 0.05) is 18.8 Å². The van der Waals surface area contributed by atoms with E-state index in [2.05, 4.69) is 22.4 Å². The van der Waals surface area contributed by atoms with Crippen LogP contribution in [0.5, 0.6) is 0 Å². The van der Waals surface area contributed by atoms with Gasteiger partial charge in [0.2, 0.25) is 15.2 Å². The number of hydrogen-bond acceptors (Lipinski definition) is 8. The normalized spacial score (nSPS) is 15.5. The van der Waals surface area contributed by atoms with E-state index in [4.69, 9.17) is 16.3 Å². The number of sulfonamides is 1. The van der Waals surface area contributed by atoms with Crippen LogP contribution in [0.1, 0.15) is 23.7 Å². The molecule has 1 fully saturated rings. The fourth-order valence-electron chi connectivity index (χ4n) is 2.45. The summed E-state index contributed by atoms with van der Waals surface area (Å²) in [4.78, 5) is 12.6. The zero-order chi connectivity index (χ0) is 20.1. The molecule has 3 rings (SSSR count). The molecule has 152 valence electrons. The van der Waals surface area contributed by atoms with Gasteiger partial charge in [0.05, 0.1) is 28.7 Å². The molecule has 28 heavy (non-hydrogen) atoms. The van der Waals surface area contributed by atoms with Crippen molar-refractivity contribution in [2.24, 2.45) is 0 Å². The van der Waals surface area contributed by atoms with Gasteiger partial charge in [0.15, 0.2) is 4.34 Å². The van der Waals surface area contributed by atoms with Gasteiger partial charge in [-0.15, -0.1) is 10.2 Å². The van der Waals surface area contributed by atoms with Gasteiger partial charge in [-0.2, -0.15) is 4.31 Å². The molecule has 0 atom stereocenters. The molecule has 2 aromatic rings. The number of hydrogen-bond donors (Lipinski definition) is 1. The number of anilines is 1. The summed E-state index contributed by atoms with van der Waals surface area (Å²) in [7, 11) is -3.73. The Kier molecular flexibility index (Phi) is 7.29. The lowest BCUT2D eigenvalue weighted by atomic mass is 10.2. The Morgan fingerprint density at radius 2 is 2.11 bits per heavy atom. The minimum Gasteiger partial charge on any atom is -0.379 e. The fraction of sp³-hybridized carbons (Fsp3) is 0.438. The number of nitrogens with one attached hydrogen (secondary N) is 1. The lowest BCUT2D eigenvalue weighted by molar-refractivity contribution is 0.0730. The minimum atomic E-state index is -3.73. The van der Waals surface area contributed by atoms with Crippen LogP contribution in [0.3, 0.4) is 0 Å². The fourth-order valence-corrected chi connectivity index (χ4v) is 5.76. The van der Waals surface area contributed by atoms with Crippen LogP contribution < -0.4 is 5.32 Å². The third kappa shape index (κ3) is 5.02. The number of halogens is 1. The molecular formula is C16H19ClN4O4S3. The van der Waals surface area contributed by atoms with Crippen LogP contribution in [0.15, 0.2) is 27.4 Å². The second-order valence-electron chi connectivity index (χ2n) is 5.83. The number of nitrogens with zero attached hydrogens (tertiary/aromatic N) is 3. The van der Waals surface area contributed by atoms with E-state index in [9.17, 15) is 13.2 Å². The van der Waals surface area contributed by atoms with Crippen molar-refractivity contribution in [2.45, 2.75) is 22.6 Å². The van der Waals surface area contributed by atoms with Crippen molar-refractivity contribution in [2.75, 3.05) is 37.4 Å². The molecule has 0 unspecified atom stereocenters. The van der Waals surface area contributed by atoms with Gasteiger partial charge in [-0.3, -0.25) is 10.1 Å². The molecule has 0 spiro atoms. The Labute approximate surface area is 176 Å². The Morgan fingerprint density at radius 3 is 2.82 bits per heavy atom. The van der Waals surface area contributed by atoms with Crippen molar-refractivity contribution in [1.82, 2.24) is 14.5 Å². The van der Waals surface area contributed by atoms with E-state index in [-0.39, 0.29) is 28.6 Å². The number of carbonyl (C=O) groups is 1. The number of rotatable bonds is 7. The number of amides is 1. The van der Waals surface area contributed by atoms with Gasteiger partial charge in [0.1, 0.15) is 0 Å². The minimum absolute atomic E-state index is 0.0143. The number of morpholine rings is 1. The molecule has 0 saturated carbocycles. The summed E-state index contributed by atoms with van der Waals surface area (Å²) in [5.41, 5.74) is 0.0639. The number of ether oxygens (including phenoxy) is 1. The van der Waals surface area contributed by atoms with Crippen molar-refractivity contribution < 1.29 is 17.9 Å². The Bertz CT molecular complexity index is 945. The quantitative estimate of drug-likeness (QED) is 0.498. The zero-order valence-electron chi connectivity index (χ0n) is 15.1. The summed E-state index contributed by atoms with van der Waals surface area (Å²) in [6, 6.07) is 4.09. The highest BCUT2D eigenvalue weighted by atomic mass is 35.5. The first-order valence-corrected chi connectivity index (χ1v) is 12.2. The number of aromatic nitrogens is 2. The summed E-state index contributed by atoms with van der Waals surface area (Å²) >= 11 is 8.96. The van der Waals surface area contributed by atoms with E-state index in [1.165, 1.54) is 33.8 Å². The molecule has 12 heteroatoms. The van der Waals surface area contributed by atoms with Crippen LogP contribution in [0.25, 0.3) is 0 Å². The molecule has 1 N–H and O–H groups in total. The molecule has 8 nitrogen and oxygen atoms in total. The predicted octanol–water partition coefficient (Wildman–Crippen LogP) is 2.97. The largest absolute Gasteiger partial charge is 0.379 e. The summed E-state index contributed by atoms with van der Waals surface area (Å²) in [6.07, 6.45) is 1.01. The molecule has 1 saturated heterocycles. The maximum Gasteiger partial charge on any atom is 0.259 e. The molecule has 1 amide bonds. The van der Waals surface area contributed by atoms with Crippen LogP contribution in [0.2, 0.25) is 5.02 Å². The highest BCUT2D eigenvalue weighted by Crippen LogP contribution is 2.28. The lowest BCUT2D eigenvalue weighted by Gasteiger charge is -2.26. The molecule has 0 radical (unpaired) electrons. The molecule has 0 bridgehead atoms. The van der Waals surface area contributed by atoms with Crippen LogP contribution in [0.4, 0.5) is 5.13 Å². The summed E-state index contributed by atoms with van der Waals surface area (Å²) in [5.74, 6) is 0.378. The van der Waals surface area contributed by atoms with E-state index < -0.39 is 15.9 Å². The van der Waals surface area contributed by atoms with Gasteiger partial charge in [-0.1, -0.05) is 41.6 Å². The van der Waals surface area contributed by atoms with Crippen molar-refractivity contribution in [3.8, 4) is 0 Å². The third-order valence-electron chi connectivity index (χ3n) is 3.85. The zero-order valence-corrected chi connectivity index (χ0v) is 18.3. The number of thioether (sulfide) groups is 1. The lowest BCUT2D eigenvalue weighted by Crippen LogP contribution is -2.40. The van der Waals surface area contributed by atoms with E-state index in [1.54, 1.807) is 11.8 Å². The van der Waals surface area contributed by atoms with Crippen LogP contribution in [-0.2, 0) is 14.8 Å². The van der Waals surface area contributed by atoms with Crippen molar-refractivity contribution in [3.63, 3.8) is 0 Å². The first kappa shape index (κ1) is 21.5. The van der Waals surface area contributed by atoms with Crippen molar-refractivity contribution in [3.05, 3.63) is 28.8 Å². The van der Waals surface area contributed by atoms with Gasteiger partial charge in [-0.05, 0) is 24.6 Å². The predicted molar refractivity (Wildman–Crippen MR) is 110 cm³/mol. The maximum atomic E-state index is 12.8. The first-order valence-electron chi connectivity index (χ1n) is 8.57. The Hall–Kier alpha value is -1.24. The molecule has 1 aliphatic heterocycles. The SMILES string of the molecule is CCCSc1nnc(NC(=O)c2cc(S(=O)(=O)N3CCOCC3)ccc2Cl)s1. The van der Waals surface area contributed by atoms with Gasteiger partial charge in [0.25, 0.3) is 5.91 Å². The van der Waals surface area contributed by atoms with Crippen molar-refractivity contribution in [1.29, 1.82) is 0 Å². The Balaban J connectivity index is 1.79. The molecule has 2 heterocycles. The third-order valence-corrected chi connectivity index (χ3v) is 8.25. The van der Waals surface area contributed by atoms with E-state index in [0.717, 1.165) is 16.5 Å². The maximum absolute atomic E-state index is 12.8. The monoisotopic (exact) mass is 462 g/mol. The highest BCUT2D eigenvalue weighted by molar-refractivity contribution is 8.01. The standard InChI is InChI=1S/C16H19ClN4O4S3/c1-2-9-26-16-20-19-15(27-16)18-14(22)12-10-11(3-4-13(12)17)28(23,24)21-5-7-25-8-6-21/h3-4,10H,2,5-9H2,1H3,(H,18,19,22). The summed E-state index contributed by atoms with van der Waals surface area (Å²) in [5, 5.41) is 11.1. The van der Waals surface area contributed by atoms with E-state index in [1.807, 2.05) is 0 Å². The molecular weight excluding hydrogens is 444 g/mol. The Morgan fingerprint density at radius 1 is 1.36 bits per heavy atom. The average molecular weight is 463 g/mol. The van der Waals surface area contributed by atoms with Gasteiger partial charge in [-0.25, -0.2) is 8.42 Å². The van der Waals surface area contributed by atoms with Crippen LogP contribution in [-0.4, -0.2) is 60.9 Å². The van der Waals surface area contributed by atoms with Crippen LogP contribution >= 0.6 is 34.7 Å². The number of carbonyl (C=O) groups excluding carboxylic acids is 1. The smallest absolute Gasteiger partial charge is 0.259 e. The molecule has 1 aromatic carbocycles. The number of benzene rings is 1. The molecule has 1 aromatic heterocycles. The van der Waals surface area contributed by atoms with Gasteiger partial charge < -0.3 is 4.74 Å². The summed E-state index contributed by atoms with van der Waals surface area (Å²) in [6.45, 7) is 3.30. The van der Waals surface area contributed by atoms with E-state index in [0.29, 0.717) is 18.3 Å². The first-order chi connectivity index (χ1) is 13.4. The molecule has 0 aliphatic carbocycles. The average Bonchev–Trinajstić information content (AvgIpc) is 3.14.